The van der Waals surface area contributed by atoms with Gasteiger partial charge in [0.1, 0.15) is 11.5 Å². The minimum atomic E-state index is -0.0845. The first-order valence-corrected chi connectivity index (χ1v) is 9.13. The van der Waals surface area contributed by atoms with Crippen LogP contribution >= 0.6 is 0 Å². The van der Waals surface area contributed by atoms with Crippen molar-refractivity contribution in [3.63, 3.8) is 0 Å². The lowest BCUT2D eigenvalue weighted by molar-refractivity contribution is -0.117. The van der Waals surface area contributed by atoms with Gasteiger partial charge in [-0.15, -0.1) is 0 Å². The van der Waals surface area contributed by atoms with Crippen LogP contribution in [0.3, 0.4) is 0 Å². The van der Waals surface area contributed by atoms with Gasteiger partial charge in [-0.25, -0.2) is 0 Å². The van der Waals surface area contributed by atoms with Gasteiger partial charge in [0.2, 0.25) is 11.8 Å². The summed E-state index contributed by atoms with van der Waals surface area (Å²) in [5.74, 6) is 1.40. The number of nitrogens with zero attached hydrogens (tertiary/aromatic N) is 1. The van der Waals surface area contributed by atoms with Crippen LogP contribution in [0.5, 0.6) is 11.5 Å². The standard InChI is InChI=1S/C21H24N2O4/c1-26-19-15-16(11-12-18(19)23-13-5-10-21(23)25)22-20(24)9-6-14-27-17-7-3-2-4-8-17/h2-4,7-8,11-12,15H,5-6,9-10,13-14H2,1H3,(H,22,24). The number of hydrogen-bond acceptors (Lipinski definition) is 4. The van der Waals surface area contributed by atoms with Crippen LogP contribution in [0, 0.1) is 0 Å². The van der Waals surface area contributed by atoms with Gasteiger partial charge in [-0.2, -0.15) is 0 Å². The molecule has 0 radical (unpaired) electrons. The molecule has 0 spiro atoms. The molecule has 1 aliphatic rings. The number of anilines is 2. The van der Waals surface area contributed by atoms with Crippen molar-refractivity contribution in [2.24, 2.45) is 0 Å². The highest BCUT2D eigenvalue weighted by molar-refractivity contribution is 5.97. The first-order chi connectivity index (χ1) is 13.2. The van der Waals surface area contributed by atoms with Crippen molar-refractivity contribution in [1.82, 2.24) is 0 Å². The van der Waals surface area contributed by atoms with Gasteiger partial charge in [-0.1, -0.05) is 18.2 Å². The first kappa shape index (κ1) is 18.8. The minimum absolute atomic E-state index is 0.0845. The van der Waals surface area contributed by atoms with E-state index < -0.39 is 0 Å². The maximum Gasteiger partial charge on any atom is 0.227 e. The second-order valence-electron chi connectivity index (χ2n) is 6.35. The topological polar surface area (TPSA) is 67.9 Å². The molecular weight excluding hydrogens is 344 g/mol. The van der Waals surface area contributed by atoms with E-state index in [2.05, 4.69) is 5.32 Å². The molecule has 0 aromatic heterocycles. The molecule has 0 saturated carbocycles. The summed E-state index contributed by atoms with van der Waals surface area (Å²) in [4.78, 5) is 25.8. The number of nitrogens with one attached hydrogen (secondary N) is 1. The summed E-state index contributed by atoms with van der Waals surface area (Å²) in [5.41, 5.74) is 1.39. The molecule has 1 heterocycles. The van der Waals surface area contributed by atoms with Crippen molar-refractivity contribution in [3.05, 3.63) is 48.5 Å². The number of para-hydroxylation sites is 1. The lowest BCUT2D eigenvalue weighted by Crippen LogP contribution is -2.24. The third-order valence-corrected chi connectivity index (χ3v) is 4.39. The molecule has 0 bridgehead atoms. The molecule has 3 rings (SSSR count). The van der Waals surface area contributed by atoms with Gasteiger partial charge in [-0.05, 0) is 37.1 Å². The van der Waals surface area contributed by atoms with Gasteiger partial charge < -0.3 is 19.7 Å². The molecule has 1 aliphatic heterocycles. The van der Waals surface area contributed by atoms with Crippen LogP contribution in [0.4, 0.5) is 11.4 Å². The molecule has 0 aliphatic carbocycles. The molecule has 6 nitrogen and oxygen atoms in total. The second-order valence-corrected chi connectivity index (χ2v) is 6.35. The van der Waals surface area contributed by atoms with Crippen molar-refractivity contribution in [3.8, 4) is 11.5 Å². The molecule has 1 N–H and O–H groups in total. The van der Waals surface area contributed by atoms with Crippen molar-refractivity contribution in [1.29, 1.82) is 0 Å². The van der Waals surface area contributed by atoms with E-state index in [1.807, 2.05) is 36.4 Å². The molecular formula is C21H24N2O4. The highest BCUT2D eigenvalue weighted by Crippen LogP contribution is 2.33. The van der Waals surface area contributed by atoms with Crippen LogP contribution in [-0.4, -0.2) is 32.1 Å². The number of rotatable bonds is 8. The van der Waals surface area contributed by atoms with Crippen LogP contribution in [-0.2, 0) is 9.59 Å². The average Bonchev–Trinajstić information content (AvgIpc) is 3.11. The van der Waals surface area contributed by atoms with Gasteiger partial charge in [0.25, 0.3) is 0 Å². The Morgan fingerprint density at radius 1 is 1.19 bits per heavy atom. The molecule has 6 heteroatoms. The molecule has 142 valence electrons. The molecule has 0 atom stereocenters. The zero-order chi connectivity index (χ0) is 19.1. The normalized spacial score (nSPS) is 13.5. The van der Waals surface area contributed by atoms with E-state index >= 15 is 0 Å². The van der Waals surface area contributed by atoms with Crippen molar-refractivity contribution >= 4 is 23.2 Å². The first-order valence-electron chi connectivity index (χ1n) is 9.13. The maximum absolute atomic E-state index is 12.1. The fourth-order valence-corrected chi connectivity index (χ4v) is 3.04. The van der Waals surface area contributed by atoms with Crippen LogP contribution in [0.25, 0.3) is 0 Å². The summed E-state index contributed by atoms with van der Waals surface area (Å²) >= 11 is 0. The second kappa shape index (κ2) is 9.07. The monoisotopic (exact) mass is 368 g/mol. The third-order valence-electron chi connectivity index (χ3n) is 4.39. The van der Waals surface area contributed by atoms with E-state index in [1.54, 1.807) is 24.1 Å². The average molecular weight is 368 g/mol. The van der Waals surface area contributed by atoms with E-state index in [0.29, 0.717) is 43.9 Å². The quantitative estimate of drug-likeness (QED) is 0.723. The van der Waals surface area contributed by atoms with E-state index in [0.717, 1.165) is 17.9 Å². The number of ether oxygens (including phenoxy) is 2. The van der Waals surface area contributed by atoms with Gasteiger partial charge in [0.05, 0.1) is 19.4 Å². The molecule has 2 amide bonds. The Labute approximate surface area is 159 Å². The van der Waals surface area contributed by atoms with Gasteiger partial charge in [-0.3, -0.25) is 9.59 Å². The molecule has 2 aromatic rings. The van der Waals surface area contributed by atoms with Crippen LogP contribution < -0.4 is 19.7 Å². The summed E-state index contributed by atoms with van der Waals surface area (Å²) in [6.45, 7) is 1.18. The van der Waals surface area contributed by atoms with Crippen LogP contribution in [0.15, 0.2) is 48.5 Å². The molecule has 2 aromatic carbocycles. The number of amides is 2. The molecule has 27 heavy (non-hydrogen) atoms. The fraction of sp³-hybridized carbons (Fsp3) is 0.333. The fourth-order valence-electron chi connectivity index (χ4n) is 3.04. The van der Waals surface area contributed by atoms with Crippen LogP contribution in [0.1, 0.15) is 25.7 Å². The maximum atomic E-state index is 12.1. The summed E-state index contributed by atoms with van der Waals surface area (Å²) in [6.07, 6.45) is 2.40. The van der Waals surface area contributed by atoms with Gasteiger partial charge in [0, 0.05) is 31.1 Å². The van der Waals surface area contributed by atoms with Crippen LogP contribution in [0.2, 0.25) is 0 Å². The summed E-state index contributed by atoms with van der Waals surface area (Å²) in [6, 6.07) is 14.9. The molecule has 0 unspecified atom stereocenters. The van der Waals surface area contributed by atoms with E-state index in [9.17, 15) is 9.59 Å². The van der Waals surface area contributed by atoms with E-state index in [-0.39, 0.29) is 11.8 Å². The summed E-state index contributed by atoms with van der Waals surface area (Å²) in [7, 11) is 1.56. The SMILES string of the molecule is COc1cc(NC(=O)CCCOc2ccccc2)ccc1N1CCCC1=O. The van der Waals surface area contributed by atoms with Crippen molar-refractivity contribution < 1.29 is 19.1 Å². The lowest BCUT2D eigenvalue weighted by atomic mass is 10.2. The predicted molar refractivity (Wildman–Crippen MR) is 104 cm³/mol. The minimum Gasteiger partial charge on any atom is -0.494 e. The molecule has 1 saturated heterocycles. The Morgan fingerprint density at radius 3 is 2.70 bits per heavy atom. The van der Waals surface area contributed by atoms with Crippen molar-refractivity contribution in [2.75, 3.05) is 30.5 Å². The summed E-state index contributed by atoms with van der Waals surface area (Å²) in [5, 5.41) is 2.87. The highest BCUT2D eigenvalue weighted by Gasteiger charge is 2.24. The zero-order valence-corrected chi connectivity index (χ0v) is 15.4. The Kier molecular flexibility index (Phi) is 6.30. The highest BCUT2D eigenvalue weighted by atomic mass is 16.5. The van der Waals surface area contributed by atoms with E-state index in [1.165, 1.54) is 0 Å². The van der Waals surface area contributed by atoms with E-state index in [4.69, 9.17) is 9.47 Å². The Morgan fingerprint density at radius 2 is 2.00 bits per heavy atom. The Hall–Kier alpha value is -3.02. The van der Waals surface area contributed by atoms with Gasteiger partial charge in [0.15, 0.2) is 0 Å². The summed E-state index contributed by atoms with van der Waals surface area (Å²) < 4.78 is 11.0. The smallest absolute Gasteiger partial charge is 0.227 e. The van der Waals surface area contributed by atoms with Crippen molar-refractivity contribution in [2.45, 2.75) is 25.7 Å². The predicted octanol–water partition coefficient (Wildman–Crippen LogP) is 3.62. The number of benzene rings is 2. The lowest BCUT2D eigenvalue weighted by Gasteiger charge is -2.19. The Balaban J connectivity index is 1.51. The number of methoxy groups -OCH3 is 1. The Bertz CT molecular complexity index is 792. The largest absolute Gasteiger partial charge is 0.494 e. The molecule has 1 fully saturated rings. The number of carbonyl (C=O) groups is 2. The zero-order valence-electron chi connectivity index (χ0n) is 15.4. The number of hydrogen-bond donors (Lipinski definition) is 1. The third kappa shape index (κ3) is 5.00. The van der Waals surface area contributed by atoms with Gasteiger partial charge >= 0.3 is 0 Å². The number of carbonyl (C=O) groups excluding carboxylic acids is 2.